The molecule has 0 aromatic heterocycles. The first kappa shape index (κ1) is 27.4. The molecule has 0 aromatic carbocycles. The molecule has 4 saturated carbocycles. The summed E-state index contributed by atoms with van der Waals surface area (Å²) in [6, 6.07) is 2.20. The standard InChI is InChI=1S/C32H46N2O4/c1-27(2)11-13-32(34-26(37)38-8)14-12-31(7)24(20(32)17-27)21(35)15-23-29(5)16-19(18-33)25(36)28(3,4)22(29)9-10-30(23,31)6/h16,20,22-24H,9-15,17H2,1-8H3,(H,34,37)/t20?,22-,23+,24?,29-,30+,31+,32-/m0/s1. The van der Waals surface area contributed by atoms with E-state index in [0.717, 1.165) is 44.9 Å². The molecule has 1 amide bonds. The highest BCUT2D eigenvalue weighted by molar-refractivity contribution is 6.04. The fourth-order valence-electron chi connectivity index (χ4n) is 10.8. The number of nitriles is 1. The summed E-state index contributed by atoms with van der Waals surface area (Å²) in [7, 11) is 1.41. The molecule has 8 atom stereocenters. The number of ether oxygens (including phenoxy) is 1. The molecular formula is C32H46N2O4. The number of methoxy groups -OCH3 is 1. The third-order valence-electron chi connectivity index (χ3n) is 13.0. The number of ketones is 2. The van der Waals surface area contributed by atoms with Crippen LogP contribution < -0.4 is 5.32 Å². The molecule has 0 spiro atoms. The van der Waals surface area contributed by atoms with E-state index in [1.807, 2.05) is 19.9 Å². The number of nitrogens with zero attached hydrogens (tertiary/aromatic N) is 1. The van der Waals surface area contributed by atoms with Crippen molar-refractivity contribution in [2.45, 2.75) is 105 Å². The number of hydrogen-bond donors (Lipinski definition) is 1. The summed E-state index contributed by atoms with van der Waals surface area (Å²) in [4.78, 5) is 40.3. The van der Waals surface area contributed by atoms with Gasteiger partial charge in [-0.25, -0.2) is 4.79 Å². The van der Waals surface area contributed by atoms with E-state index in [1.165, 1.54) is 7.11 Å². The molecule has 5 rings (SSSR count). The number of allylic oxidation sites excluding steroid dienone is 2. The Morgan fingerprint density at radius 3 is 2.26 bits per heavy atom. The van der Waals surface area contributed by atoms with Gasteiger partial charge in [0.25, 0.3) is 0 Å². The molecule has 0 heterocycles. The summed E-state index contributed by atoms with van der Waals surface area (Å²) in [6.45, 7) is 15.5. The van der Waals surface area contributed by atoms with Crippen LogP contribution >= 0.6 is 0 Å². The van der Waals surface area contributed by atoms with E-state index in [0.29, 0.717) is 12.2 Å². The summed E-state index contributed by atoms with van der Waals surface area (Å²) in [5.41, 5.74) is -1.43. The largest absolute Gasteiger partial charge is 0.453 e. The van der Waals surface area contributed by atoms with Gasteiger partial charge < -0.3 is 10.1 Å². The minimum atomic E-state index is -0.629. The van der Waals surface area contributed by atoms with Gasteiger partial charge in [-0.3, -0.25) is 9.59 Å². The fraction of sp³-hybridized carbons (Fsp3) is 0.812. The van der Waals surface area contributed by atoms with Gasteiger partial charge in [-0.15, -0.1) is 0 Å². The molecule has 208 valence electrons. The van der Waals surface area contributed by atoms with E-state index < -0.39 is 22.5 Å². The van der Waals surface area contributed by atoms with E-state index in [1.54, 1.807) is 0 Å². The Bertz CT molecular complexity index is 1160. The first-order valence-corrected chi connectivity index (χ1v) is 14.6. The molecule has 2 unspecified atom stereocenters. The maximum atomic E-state index is 14.5. The average molecular weight is 523 g/mol. The lowest BCUT2D eigenvalue weighted by atomic mass is 9.32. The van der Waals surface area contributed by atoms with Crippen molar-refractivity contribution < 1.29 is 19.1 Å². The zero-order chi connectivity index (χ0) is 28.1. The van der Waals surface area contributed by atoms with Crippen LogP contribution in [0.3, 0.4) is 0 Å². The van der Waals surface area contributed by atoms with Crippen molar-refractivity contribution >= 4 is 17.7 Å². The van der Waals surface area contributed by atoms with Crippen LogP contribution in [0, 0.1) is 62.1 Å². The first-order chi connectivity index (χ1) is 17.5. The fourth-order valence-corrected chi connectivity index (χ4v) is 10.8. The smallest absolute Gasteiger partial charge is 0.407 e. The van der Waals surface area contributed by atoms with Crippen LogP contribution in [0.2, 0.25) is 0 Å². The second-order valence-electron chi connectivity index (χ2n) is 15.5. The molecule has 0 radical (unpaired) electrons. The van der Waals surface area contributed by atoms with Crippen molar-refractivity contribution in [3.05, 3.63) is 11.6 Å². The molecule has 6 nitrogen and oxygen atoms in total. The third kappa shape index (κ3) is 3.38. The highest BCUT2D eigenvalue weighted by Crippen LogP contribution is 2.74. The van der Waals surface area contributed by atoms with Gasteiger partial charge >= 0.3 is 6.09 Å². The van der Waals surface area contributed by atoms with Crippen molar-refractivity contribution in [1.82, 2.24) is 5.32 Å². The van der Waals surface area contributed by atoms with Crippen LogP contribution in [0.4, 0.5) is 4.79 Å². The number of hydrogen-bond acceptors (Lipinski definition) is 5. The van der Waals surface area contributed by atoms with Gasteiger partial charge in [0.05, 0.1) is 12.7 Å². The van der Waals surface area contributed by atoms with Gasteiger partial charge in [-0.2, -0.15) is 5.26 Å². The van der Waals surface area contributed by atoms with E-state index >= 15 is 0 Å². The van der Waals surface area contributed by atoms with Crippen LogP contribution in [-0.4, -0.2) is 30.3 Å². The topological polar surface area (TPSA) is 96.3 Å². The minimum absolute atomic E-state index is 0.0573. The number of amides is 1. The lowest BCUT2D eigenvalue weighted by Crippen LogP contribution is -2.72. The van der Waals surface area contributed by atoms with Crippen LogP contribution in [0.1, 0.15) is 99.8 Å². The highest BCUT2D eigenvalue weighted by atomic mass is 16.5. The summed E-state index contributed by atoms with van der Waals surface area (Å²) in [6.07, 6.45) is 8.40. The number of nitrogens with one attached hydrogen (secondary N) is 1. The van der Waals surface area contributed by atoms with Crippen LogP contribution in [0.15, 0.2) is 11.6 Å². The lowest BCUT2D eigenvalue weighted by molar-refractivity contribution is -0.214. The molecule has 0 aromatic rings. The van der Waals surface area contributed by atoms with Gasteiger partial charge in [0.15, 0.2) is 5.78 Å². The molecule has 5 aliphatic rings. The molecule has 38 heavy (non-hydrogen) atoms. The Balaban J connectivity index is 1.62. The molecular weight excluding hydrogens is 476 g/mol. The van der Waals surface area contributed by atoms with E-state index in [-0.39, 0.29) is 51.3 Å². The number of rotatable bonds is 1. The van der Waals surface area contributed by atoms with Gasteiger partial charge in [0, 0.05) is 23.3 Å². The third-order valence-corrected chi connectivity index (χ3v) is 13.0. The van der Waals surface area contributed by atoms with Crippen LogP contribution in [0.5, 0.6) is 0 Å². The second kappa shape index (κ2) is 8.18. The Morgan fingerprint density at radius 1 is 0.974 bits per heavy atom. The van der Waals surface area contributed by atoms with Crippen LogP contribution in [-0.2, 0) is 14.3 Å². The van der Waals surface area contributed by atoms with Crippen molar-refractivity contribution in [2.75, 3.05) is 7.11 Å². The number of carbonyl (C=O) groups is 3. The summed E-state index contributed by atoms with van der Waals surface area (Å²) >= 11 is 0. The first-order valence-electron chi connectivity index (χ1n) is 14.6. The number of carbonyl (C=O) groups excluding carboxylic acids is 3. The second-order valence-corrected chi connectivity index (χ2v) is 15.5. The predicted molar refractivity (Wildman–Crippen MR) is 145 cm³/mol. The summed E-state index contributed by atoms with van der Waals surface area (Å²) in [5, 5.41) is 13.2. The van der Waals surface area contributed by atoms with Crippen molar-refractivity contribution in [3.8, 4) is 6.07 Å². The summed E-state index contributed by atoms with van der Waals surface area (Å²) < 4.78 is 5.07. The highest BCUT2D eigenvalue weighted by Gasteiger charge is 2.72. The van der Waals surface area contributed by atoms with Crippen molar-refractivity contribution in [1.29, 1.82) is 5.26 Å². The molecule has 6 heteroatoms. The van der Waals surface area contributed by atoms with Gasteiger partial charge in [0.1, 0.15) is 11.9 Å². The zero-order valence-electron chi connectivity index (χ0n) is 24.6. The van der Waals surface area contributed by atoms with E-state index in [9.17, 15) is 19.6 Å². The number of alkyl carbamates (subject to hydrolysis) is 1. The minimum Gasteiger partial charge on any atom is -0.453 e. The molecule has 0 saturated heterocycles. The molecule has 4 fully saturated rings. The lowest BCUT2D eigenvalue weighted by Gasteiger charge is -2.72. The molecule has 0 bridgehead atoms. The summed E-state index contributed by atoms with van der Waals surface area (Å²) in [5.74, 6) is 0.343. The predicted octanol–water partition coefficient (Wildman–Crippen LogP) is 6.39. The number of fused-ring (bicyclic) bond motifs is 7. The van der Waals surface area contributed by atoms with Crippen LogP contribution in [0.25, 0.3) is 0 Å². The Hall–Kier alpha value is -2.16. The van der Waals surface area contributed by atoms with E-state index in [4.69, 9.17) is 4.74 Å². The Kier molecular flexibility index (Phi) is 5.90. The van der Waals surface area contributed by atoms with Gasteiger partial charge in [-0.1, -0.05) is 54.5 Å². The van der Waals surface area contributed by atoms with Gasteiger partial charge in [-0.05, 0) is 84.4 Å². The monoisotopic (exact) mass is 522 g/mol. The average Bonchev–Trinajstić information content (AvgIpc) is 2.83. The SMILES string of the molecule is COC(=O)N[C@]12CCC(C)(C)CC1C1C(=O)C[C@@H]3[C@@]4(C)C=C(C#N)C(=O)C(C)(C)[C@@H]4CC[C@@]3(C)[C@]1(C)CC2. The normalized spacial score (nSPS) is 46.8. The number of Topliss-reactive ketones (excluding diaryl/α,β-unsaturated/α-hetero) is 2. The molecule has 1 N–H and O–H groups in total. The molecule has 0 aliphatic heterocycles. The molecule has 5 aliphatic carbocycles. The van der Waals surface area contributed by atoms with Crippen molar-refractivity contribution in [2.24, 2.45) is 50.7 Å². The maximum absolute atomic E-state index is 14.5. The van der Waals surface area contributed by atoms with E-state index in [2.05, 4.69) is 46.0 Å². The Morgan fingerprint density at radius 2 is 1.63 bits per heavy atom. The quantitative estimate of drug-likeness (QED) is 0.430. The van der Waals surface area contributed by atoms with Crippen molar-refractivity contribution in [3.63, 3.8) is 0 Å². The zero-order valence-corrected chi connectivity index (χ0v) is 24.6. The maximum Gasteiger partial charge on any atom is 0.407 e. The van der Waals surface area contributed by atoms with Gasteiger partial charge in [0.2, 0.25) is 0 Å². The Labute approximate surface area is 228 Å².